The molecule has 0 saturated heterocycles. The van der Waals surface area contributed by atoms with Crippen molar-refractivity contribution < 1.29 is 19.2 Å². The number of hydrogen-bond acceptors (Lipinski definition) is 4. The van der Waals surface area contributed by atoms with Gasteiger partial charge in [-0.3, -0.25) is 19.2 Å². The molecule has 0 aromatic carbocycles. The van der Waals surface area contributed by atoms with Crippen molar-refractivity contribution in [2.24, 2.45) is 22.7 Å². The summed E-state index contributed by atoms with van der Waals surface area (Å²) >= 11 is 17.1. The summed E-state index contributed by atoms with van der Waals surface area (Å²) in [6.07, 6.45) is 0. The van der Waals surface area contributed by atoms with E-state index in [-0.39, 0.29) is 0 Å². The quantitative estimate of drug-likeness (QED) is 0.564. The van der Waals surface area contributed by atoms with Crippen molar-refractivity contribution in [2.45, 2.75) is 38.4 Å². The van der Waals surface area contributed by atoms with Gasteiger partial charge in [-0.25, -0.2) is 0 Å². The zero-order chi connectivity index (χ0) is 17.0. The van der Waals surface area contributed by atoms with E-state index in [4.69, 9.17) is 34.8 Å². The van der Waals surface area contributed by atoms with Crippen molar-refractivity contribution in [1.82, 2.24) is 0 Å². The molecule has 0 amide bonds. The standard InChI is InChI=1S/C14H17Cl3O4/c1-6(14(15,16)17)8(18)7-9(19)12(2,3)11(21)13(4,5)10(7)20/h6-7H,1-5H3. The van der Waals surface area contributed by atoms with Gasteiger partial charge in [0.05, 0.1) is 16.7 Å². The molecule has 0 N–H and O–H groups in total. The SMILES string of the molecule is CC(C(=O)C1C(=O)C(C)(C)C(=O)C(C)(C)C1=O)C(Cl)(Cl)Cl. The molecule has 0 aliphatic heterocycles. The maximum atomic E-state index is 12.4. The van der Waals surface area contributed by atoms with Crippen molar-refractivity contribution in [3.8, 4) is 0 Å². The molecule has 21 heavy (non-hydrogen) atoms. The number of alkyl halides is 3. The van der Waals surface area contributed by atoms with Crippen LogP contribution >= 0.6 is 34.8 Å². The Balaban J connectivity index is 3.36. The van der Waals surface area contributed by atoms with E-state index in [1.54, 1.807) is 0 Å². The topological polar surface area (TPSA) is 68.3 Å². The molecule has 1 fully saturated rings. The van der Waals surface area contributed by atoms with Gasteiger partial charge in [0, 0.05) is 0 Å². The molecule has 1 aliphatic carbocycles. The van der Waals surface area contributed by atoms with E-state index in [1.807, 2.05) is 0 Å². The minimum absolute atomic E-state index is 0.504. The van der Waals surface area contributed by atoms with Gasteiger partial charge >= 0.3 is 0 Å². The van der Waals surface area contributed by atoms with E-state index in [2.05, 4.69) is 0 Å². The maximum absolute atomic E-state index is 12.4. The Hall–Kier alpha value is -0.450. The third-order valence-corrected chi connectivity index (χ3v) is 5.08. The number of rotatable bonds is 2. The fraction of sp³-hybridized carbons (Fsp3) is 0.714. The van der Waals surface area contributed by atoms with Crippen LogP contribution in [-0.2, 0) is 19.2 Å². The predicted octanol–water partition coefficient (Wildman–Crippen LogP) is 2.95. The Kier molecular flexibility index (Phi) is 4.71. The summed E-state index contributed by atoms with van der Waals surface area (Å²) in [5.41, 5.74) is -2.85. The lowest BCUT2D eigenvalue weighted by atomic mass is 9.57. The molecule has 0 bridgehead atoms. The third kappa shape index (κ3) is 2.90. The van der Waals surface area contributed by atoms with Crippen LogP contribution in [0.5, 0.6) is 0 Å². The van der Waals surface area contributed by atoms with Crippen molar-refractivity contribution >= 4 is 57.9 Å². The number of hydrogen-bond donors (Lipinski definition) is 0. The van der Waals surface area contributed by atoms with Crippen LogP contribution < -0.4 is 0 Å². The monoisotopic (exact) mass is 354 g/mol. The molecule has 0 aromatic heterocycles. The number of carbonyl (C=O) groups excluding carboxylic acids is 4. The summed E-state index contributed by atoms with van der Waals surface area (Å²) < 4.78 is -1.92. The van der Waals surface area contributed by atoms with Gasteiger partial charge in [0.1, 0.15) is 5.92 Å². The second kappa shape index (κ2) is 5.32. The highest BCUT2D eigenvalue weighted by Crippen LogP contribution is 2.44. The molecule has 0 radical (unpaired) electrons. The number of halogens is 3. The second-order valence-corrected chi connectivity index (χ2v) is 8.78. The highest BCUT2D eigenvalue weighted by molar-refractivity contribution is 6.68. The average Bonchev–Trinajstić information content (AvgIpc) is 2.33. The molecule has 0 spiro atoms. The van der Waals surface area contributed by atoms with Crippen LogP contribution in [0, 0.1) is 22.7 Å². The van der Waals surface area contributed by atoms with E-state index in [0.717, 1.165) is 0 Å². The van der Waals surface area contributed by atoms with E-state index in [1.165, 1.54) is 34.6 Å². The molecule has 0 aromatic rings. The summed E-state index contributed by atoms with van der Waals surface area (Å²) in [6, 6.07) is 0. The molecular formula is C14H17Cl3O4. The van der Waals surface area contributed by atoms with Crippen molar-refractivity contribution in [3.63, 3.8) is 0 Å². The average molecular weight is 356 g/mol. The number of ketones is 4. The molecule has 1 unspecified atom stereocenters. The van der Waals surface area contributed by atoms with Gasteiger partial charge < -0.3 is 0 Å². The van der Waals surface area contributed by atoms with E-state index < -0.39 is 49.6 Å². The van der Waals surface area contributed by atoms with Crippen LogP contribution in [0.4, 0.5) is 0 Å². The smallest absolute Gasteiger partial charge is 0.199 e. The van der Waals surface area contributed by atoms with Crippen LogP contribution in [0.3, 0.4) is 0 Å². The molecule has 118 valence electrons. The maximum Gasteiger partial charge on any atom is 0.199 e. The highest BCUT2D eigenvalue weighted by atomic mass is 35.6. The molecule has 1 rings (SSSR count). The van der Waals surface area contributed by atoms with Gasteiger partial charge in [-0.15, -0.1) is 0 Å². The van der Waals surface area contributed by atoms with Crippen LogP contribution in [0.15, 0.2) is 0 Å². The van der Waals surface area contributed by atoms with Crippen LogP contribution in [0.25, 0.3) is 0 Å². The Morgan fingerprint density at radius 1 is 1.00 bits per heavy atom. The normalized spacial score (nSPS) is 24.1. The first-order chi connectivity index (χ1) is 9.16. The zero-order valence-corrected chi connectivity index (χ0v) is 14.7. The summed E-state index contributed by atoms with van der Waals surface area (Å²) in [4.78, 5) is 49.6. The van der Waals surface area contributed by atoms with Gasteiger partial charge in [0.25, 0.3) is 0 Å². The highest BCUT2D eigenvalue weighted by Gasteiger charge is 2.61. The molecule has 7 heteroatoms. The number of Topliss-reactive ketones (excluding diaryl/α,β-unsaturated/α-hetero) is 4. The fourth-order valence-electron chi connectivity index (χ4n) is 2.52. The van der Waals surface area contributed by atoms with E-state index >= 15 is 0 Å². The fourth-order valence-corrected chi connectivity index (χ4v) is 2.84. The lowest BCUT2D eigenvalue weighted by Gasteiger charge is -2.40. The lowest BCUT2D eigenvalue weighted by Crippen LogP contribution is -2.60. The van der Waals surface area contributed by atoms with Crippen molar-refractivity contribution in [3.05, 3.63) is 0 Å². The summed E-state index contributed by atoms with van der Waals surface area (Å²) in [6.45, 7) is 6.98. The third-order valence-electron chi connectivity index (χ3n) is 4.09. The summed E-state index contributed by atoms with van der Waals surface area (Å²) in [7, 11) is 0. The lowest BCUT2D eigenvalue weighted by molar-refractivity contribution is -0.162. The molecule has 0 heterocycles. The Bertz CT molecular complexity index is 499. The van der Waals surface area contributed by atoms with Crippen LogP contribution in [0.2, 0.25) is 0 Å². The predicted molar refractivity (Wildman–Crippen MR) is 80.5 cm³/mol. The van der Waals surface area contributed by atoms with E-state index in [9.17, 15) is 19.2 Å². The van der Waals surface area contributed by atoms with Crippen molar-refractivity contribution in [1.29, 1.82) is 0 Å². The summed E-state index contributed by atoms with van der Waals surface area (Å²) in [5, 5.41) is 0. The zero-order valence-electron chi connectivity index (χ0n) is 12.4. The largest absolute Gasteiger partial charge is 0.298 e. The minimum Gasteiger partial charge on any atom is -0.298 e. The molecule has 1 aliphatic rings. The Labute approximate surface area is 138 Å². The van der Waals surface area contributed by atoms with Crippen LogP contribution in [-0.4, -0.2) is 26.9 Å². The minimum atomic E-state index is -1.92. The second-order valence-electron chi connectivity index (χ2n) is 6.41. The molecule has 1 saturated carbocycles. The molecule has 4 nitrogen and oxygen atoms in total. The first kappa shape index (κ1) is 18.6. The van der Waals surface area contributed by atoms with Gasteiger partial charge in [0.15, 0.2) is 26.9 Å². The first-order valence-electron chi connectivity index (χ1n) is 6.40. The van der Waals surface area contributed by atoms with Gasteiger partial charge in [0.2, 0.25) is 0 Å². The van der Waals surface area contributed by atoms with Gasteiger partial charge in [-0.05, 0) is 27.7 Å². The Morgan fingerprint density at radius 3 is 1.62 bits per heavy atom. The van der Waals surface area contributed by atoms with Gasteiger partial charge in [-0.2, -0.15) is 0 Å². The van der Waals surface area contributed by atoms with Gasteiger partial charge in [-0.1, -0.05) is 41.7 Å². The van der Waals surface area contributed by atoms with Crippen LogP contribution in [0.1, 0.15) is 34.6 Å². The van der Waals surface area contributed by atoms with E-state index in [0.29, 0.717) is 0 Å². The number of carbonyl (C=O) groups is 4. The molecule has 1 atom stereocenters. The molecular weight excluding hydrogens is 339 g/mol. The van der Waals surface area contributed by atoms with Crippen molar-refractivity contribution in [2.75, 3.05) is 0 Å². The Morgan fingerprint density at radius 2 is 1.33 bits per heavy atom. The summed E-state index contributed by atoms with van der Waals surface area (Å²) in [5.74, 6) is -5.45. The first-order valence-corrected chi connectivity index (χ1v) is 7.54.